The molecule has 3 rings (SSSR count). The number of halogens is 1. The summed E-state index contributed by atoms with van der Waals surface area (Å²) in [5.74, 6) is 1.25. The molecule has 0 amide bonds. The number of aromatic amines is 1. The van der Waals surface area contributed by atoms with Crippen molar-refractivity contribution in [2.75, 3.05) is 13.2 Å². The van der Waals surface area contributed by atoms with Gasteiger partial charge >= 0.3 is 0 Å². The highest BCUT2D eigenvalue weighted by Gasteiger charge is 2.12. The van der Waals surface area contributed by atoms with Crippen molar-refractivity contribution in [3.05, 3.63) is 56.3 Å². The van der Waals surface area contributed by atoms with Crippen LogP contribution in [0.25, 0.3) is 22.3 Å². The van der Waals surface area contributed by atoms with Crippen LogP contribution in [0.5, 0.6) is 5.75 Å². The van der Waals surface area contributed by atoms with Gasteiger partial charge in [-0.2, -0.15) is 0 Å². The number of ether oxygens (including phenoxy) is 1. The number of rotatable bonds is 4. The number of aliphatic hydroxyl groups is 1. The molecule has 24 heavy (non-hydrogen) atoms. The second kappa shape index (κ2) is 6.75. The first kappa shape index (κ1) is 16.7. The summed E-state index contributed by atoms with van der Waals surface area (Å²) < 4.78 is 6.36. The van der Waals surface area contributed by atoms with Crippen LogP contribution in [0, 0.1) is 13.8 Å². The third-order valence-electron chi connectivity index (χ3n) is 4.01. The molecular formula is C18H17BrN2O3. The lowest BCUT2D eigenvalue weighted by Gasteiger charge is -2.14. The third kappa shape index (κ3) is 3.07. The van der Waals surface area contributed by atoms with E-state index in [1.165, 1.54) is 0 Å². The molecule has 0 spiro atoms. The topological polar surface area (TPSA) is 75.2 Å². The summed E-state index contributed by atoms with van der Waals surface area (Å²) in [6.07, 6.45) is 0. The predicted octanol–water partition coefficient (Wildman–Crippen LogP) is 3.34. The van der Waals surface area contributed by atoms with Crippen LogP contribution >= 0.6 is 15.9 Å². The van der Waals surface area contributed by atoms with E-state index in [1.54, 1.807) is 6.07 Å². The van der Waals surface area contributed by atoms with Gasteiger partial charge in [0, 0.05) is 10.0 Å². The zero-order valence-electron chi connectivity index (χ0n) is 13.4. The van der Waals surface area contributed by atoms with Crippen LogP contribution in [0.15, 0.2) is 39.6 Å². The van der Waals surface area contributed by atoms with Gasteiger partial charge in [-0.05, 0) is 55.3 Å². The summed E-state index contributed by atoms with van der Waals surface area (Å²) in [5.41, 5.74) is 3.26. The van der Waals surface area contributed by atoms with Crippen molar-refractivity contribution in [3.8, 4) is 17.1 Å². The minimum atomic E-state index is -0.172. The first-order valence-corrected chi connectivity index (χ1v) is 8.34. The van der Waals surface area contributed by atoms with Crippen LogP contribution in [0.1, 0.15) is 11.1 Å². The van der Waals surface area contributed by atoms with Gasteiger partial charge in [0.05, 0.1) is 17.5 Å². The Labute approximate surface area is 147 Å². The van der Waals surface area contributed by atoms with Crippen LogP contribution in [0.4, 0.5) is 0 Å². The maximum Gasteiger partial charge on any atom is 0.259 e. The van der Waals surface area contributed by atoms with Gasteiger partial charge in [-0.15, -0.1) is 0 Å². The summed E-state index contributed by atoms with van der Waals surface area (Å²) >= 11 is 3.37. The molecule has 6 heteroatoms. The van der Waals surface area contributed by atoms with Crippen molar-refractivity contribution in [3.63, 3.8) is 0 Å². The Hall–Kier alpha value is -2.18. The van der Waals surface area contributed by atoms with E-state index < -0.39 is 0 Å². The molecule has 2 N–H and O–H groups in total. The van der Waals surface area contributed by atoms with Crippen LogP contribution in [0.2, 0.25) is 0 Å². The van der Waals surface area contributed by atoms with E-state index in [-0.39, 0.29) is 18.8 Å². The van der Waals surface area contributed by atoms with Gasteiger partial charge < -0.3 is 14.8 Å². The molecule has 5 nitrogen and oxygen atoms in total. The van der Waals surface area contributed by atoms with Crippen molar-refractivity contribution in [2.45, 2.75) is 13.8 Å². The van der Waals surface area contributed by atoms with E-state index >= 15 is 0 Å². The molecule has 0 bridgehead atoms. The first-order chi connectivity index (χ1) is 11.5. The van der Waals surface area contributed by atoms with Gasteiger partial charge in [0.15, 0.2) is 0 Å². The number of aromatic nitrogens is 2. The van der Waals surface area contributed by atoms with Crippen molar-refractivity contribution in [1.29, 1.82) is 0 Å². The summed E-state index contributed by atoms with van der Waals surface area (Å²) in [6, 6.07) is 9.15. The summed E-state index contributed by atoms with van der Waals surface area (Å²) in [5, 5.41) is 9.44. The summed E-state index contributed by atoms with van der Waals surface area (Å²) in [4.78, 5) is 19.8. The molecule has 0 aliphatic carbocycles. The second-order valence-electron chi connectivity index (χ2n) is 5.51. The lowest BCUT2D eigenvalue weighted by molar-refractivity contribution is 0.200. The molecule has 2 aromatic carbocycles. The number of H-pyrrole nitrogens is 1. The van der Waals surface area contributed by atoms with Crippen molar-refractivity contribution < 1.29 is 9.84 Å². The number of benzene rings is 2. The Morgan fingerprint density at radius 2 is 2.00 bits per heavy atom. The zero-order valence-corrected chi connectivity index (χ0v) is 15.0. The maximum absolute atomic E-state index is 12.4. The van der Waals surface area contributed by atoms with E-state index in [1.807, 2.05) is 38.1 Å². The molecule has 124 valence electrons. The monoisotopic (exact) mass is 388 g/mol. The highest BCUT2D eigenvalue weighted by Crippen LogP contribution is 2.29. The molecule has 1 aromatic heterocycles. The fraction of sp³-hybridized carbons (Fsp3) is 0.222. The Morgan fingerprint density at radius 3 is 2.75 bits per heavy atom. The standard InChI is InChI=1S/C18H17BrN2O3/c1-10-11(2)16(24-8-7-22)6-4-13(10)17-20-15-5-3-12(19)9-14(15)18(23)21-17/h3-6,9,22H,7-8H2,1-2H3,(H,20,21,23). The fourth-order valence-electron chi connectivity index (χ4n) is 2.60. The molecule has 0 saturated heterocycles. The maximum atomic E-state index is 12.4. The Kier molecular flexibility index (Phi) is 4.69. The molecule has 0 aliphatic heterocycles. The van der Waals surface area contributed by atoms with E-state index in [0.717, 1.165) is 26.9 Å². The minimum Gasteiger partial charge on any atom is -0.491 e. The fourth-order valence-corrected chi connectivity index (χ4v) is 2.96. The average Bonchev–Trinajstić information content (AvgIpc) is 2.57. The van der Waals surface area contributed by atoms with E-state index in [2.05, 4.69) is 25.9 Å². The van der Waals surface area contributed by atoms with Gasteiger partial charge in [-0.25, -0.2) is 4.98 Å². The quantitative estimate of drug-likeness (QED) is 0.718. The van der Waals surface area contributed by atoms with Crippen LogP contribution in [0.3, 0.4) is 0 Å². The number of hydrogen-bond donors (Lipinski definition) is 2. The molecule has 0 atom stereocenters. The zero-order chi connectivity index (χ0) is 17.3. The number of nitrogens with zero attached hydrogens (tertiary/aromatic N) is 1. The number of nitrogens with one attached hydrogen (secondary N) is 1. The molecule has 0 fully saturated rings. The highest BCUT2D eigenvalue weighted by molar-refractivity contribution is 9.10. The lowest BCUT2D eigenvalue weighted by atomic mass is 10.0. The van der Waals surface area contributed by atoms with E-state index in [0.29, 0.717) is 16.7 Å². The van der Waals surface area contributed by atoms with E-state index in [9.17, 15) is 4.79 Å². The largest absolute Gasteiger partial charge is 0.491 e. The van der Waals surface area contributed by atoms with Gasteiger partial charge in [-0.1, -0.05) is 15.9 Å². The minimum absolute atomic E-state index is 0.0324. The van der Waals surface area contributed by atoms with Crippen molar-refractivity contribution in [2.24, 2.45) is 0 Å². The van der Waals surface area contributed by atoms with Gasteiger partial charge in [0.1, 0.15) is 18.2 Å². The summed E-state index contributed by atoms with van der Waals surface area (Å²) in [7, 11) is 0. The van der Waals surface area contributed by atoms with Gasteiger partial charge in [-0.3, -0.25) is 4.79 Å². The van der Waals surface area contributed by atoms with Crippen molar-refractivity contribution >= 4 is 26.8 Å². The van der Waals surface area contributed by atoms with Crippen molar-refractivity contribution in [1.82, 2.24) is 9.97 Å². The molecule has 0 aliphatic rings. The van der Waals surface area contributed by atoms with Gasteiger partial charge in [0.2, 0.25) is 0 Å². The molecular weight excluding hydrogens is 372 g/mol. The SMILES string of the molecule is Cc1c(OCCO)ccc(-c2nc3ccc(Br)cc3c(=O)[nH]2)c1C. The normalized spacial score (nSPS) is 11.0. The predicted molar refractivity (Wildman–Crippen MR) is 97.6 cm³/mol. The average molecular weight is 389 g/mol. The second-order valence-corrected chi connectivity index (χ2v) is 6.43. The molecule has 3 aromatic rings. The highest BCUT2D eigenvalue weighted by atomic mass is 79.9. The first-order valence-electron chi connectivity index (χ1n) is 7.55. The molecule has 1 heterocycles. The molecule has 0 unspecified atom stereocenters. The van der Waals surface area contributed by atoms with Crippen LogP contribution < -0.4 is 10.3 Å². The Balaban J connectivity index is 2.12. The molecule has 0 radical (unpaired) electrons. The third-order valence-corrected chi connectivity index (χ3v) is 4.50. The number of hydrogen-bond acceptors (Lipinski definition) is 4. The number of fused-ring (bicyclic) bond motifs is 1. The van der Waals surface area contributed by atoms with Gasteiger partial charge in [0.25, 0.3) is 5.56 Å². The smallest absolute Gasteiger partial charge is 0.259 e. The van der Waals surface area contributed by atoms with Crippen LogP contribution in [-0.4, -0.2) is 28.3 Å². The Bertz CT molecular complexity index is 966. The number of aliphatic hydroxyl groups excluding tert-OH is 1. The van der Waals surface area contributed by atoms with E-state index in [4.69, 9.17) is 9.84 Å². The lowest BCUT2D eigenvalue weighted by Crippen LogP contribution is -2.10. The molecule has 0 saturated carbocycles. The summed E-state index contributed by atoms with van der Waals surface area (Å²) in [6.45, 7) is 4.12. The Morgan fingerprint density at radius 1 is 1.21 bits per heavy atom. The van der Waals surface area contributed by atoms with Crippen LogP contribution in [-0.2, 0) is 0 Å².